The summed E-state index contributed by atoms with van der Waals surface area (Å²) in [5.74, 6) is 0.584. The third-order valence-corrected chi connectivity index (χ3v) is 5.66. The lowest BCUT2D eigenvalue weighted by Crippen LogP contribution is -2.32. The Hall–Kier alpha value is -1.92. The van der Waals surface area contributed by atoms with Crippen LogP contribution < -0.4 is 4.74 Å². The lowest BCUT2D eigenvalue weighted by atomic mass is 10.2. The Bertz CT molecular complexity index is 762. The third-order valence-electron chi connectivity index (χ3n) is 3.84. The van der Waals surface area contributed by atoms with E-state index >= 15 is 0 Å². The van der Waals surface area contributed by atoms with Gasteiger partial charge in [0.2, 0.25) is 15.9 Å². The van der Waals surface area contributed by atoms with E-state index in [9.17, 15) is 8.42 Å². The fraction of sp³-hybridized carbons (Fsp3) is 0.353. The molecule has 1 aromatic carbocycles. The molecule has 1 unspecified atom stereocenters. The number of rotatable bonds is 5. The molecule has 0 saturated carbocycles. The zero-order chi connectivity index (χ0) is 16.3. The molecule has 1 aromatic heterocycles. The van der Waals surface area contributed by atoms with Gasteiger partial charge in [-0.05, 0) is 25.0 Å². The van der Waals surface area contributed by atoms with Crippen LogP contribution in [0.3, 0.4) is 0 Å². The summed E-state index contributed by atoms with van der Waals surface area (Å²) < 4.78 is 32.3. The van der Waals surface area contributed by atoms with Crippen molar-refractivity contribution in [1.29, 1.82) is 0 Å². The monoisotopic (exact) mass is 332 g/mol. The van der Waals surface area contributed by atoms with E-state index in [-0.39, 0.29) is 11.9 Å². The maximum atomic E-state index is 12.5. The van der Waals surface area contributed by atoms with Crippen molar-refractivity contribution in [3.8, 4) is 5.88 Å². The first-order chi connectivity index (χ1) is 11.0. The quantitative estimate of drug-likeness (QED) is 0.843. The Morgan fingerprint density at radius 1 is 1.17 bits per heavy atom. The summed E-state index contributed by atoms with van der Waals surface area (Å²) in [6.07, 6.45) is 0.541. The molecule has 3 rings (SSSR count). The molecule has 0 radical (unpaired) electrons. The van der Waals surface area contributed by atoms with Gasteiger partial charge in [0.05, 0.1) is 12.3 Å². The minimum Gasteiger partial charge on any atom is -0.473 e. The highest BCUT2D eigenvalue weighted by Crippen LogP contribution is 2.21. The molecule has 1 atom stereocenters. The van der Waals surface area contributed by atoms with Crippen molar-refractivity contribution in [2.24, 2.45) is 0 Å². The van der Waals surface area contributed by atoms with E-state index in [0.29, 0.717) is 25.4 Å². The maximum Gasteiger partial charge on any atom is 0.218 e. The zero-order valence-corrected chi connectivity index (χ0v) is 13.9. The Balaban J connectivity index is 1.62. The van der Waals surface area contributed by atoms with Crippen molar-refractivity contribution < 1.29 is 13.2 Å². The number of sulfonamides is 1. The predicted octanol–water partition coefficient (Wildman–Crippen LogP) is 2.37. The van der Waals surface area contributed by atoms with Crippen molar-refractivity contribution in [2.45, 2.75) is 25.2 Å². The van der Waals surface area contributed by atoms with E-state index in [1.807, 2.05) is 49.4 Å². The highest BCUT2D eigenvalue weighted by molar-refractivity contribution is 7.88. The summed E-state index contributed by atoms with van der Waals surface area (Å²) in [4.78, 5) is 4.30. The van der Waals surface area contributed by atoms with Crippen molar-refractivity contribution in [3.63, 3.8) is 0 Å². The van der Waals surface area contributed by atoms with E-state index in [1.165, 1.54) is 4.31 Å². The molecule has 0 N–H and O–H groups in total. The first-order valence-corrected chi connectivity index (χ1v) is 9.26. The van der Waals surface area contributed by atoms with Crippen LogP contribution in [0.1, 0.15) is 17.7 Å². The van der Waals surface area contributed by atoms with Gasteiger partial charge in [-0.3, -0.25) is 0 Å². The summed E-state index contributed by atoms with van der Waals surface area (Å²) in [6, 6.07) is 14.8. The van der Waals surface area contributed by atoms with E-state index in [1.54, 1.807) is 6.07 Å². The summed E-state index contributed by atoms with van der Waals surface area (Å²) in [5.41, 5.74) is 1.69. The molecule has 23 heavy (non-hydrogen) atoms. The summed E-state index contributed by atoms with van der Waals surface area (Å²) in [7, 11) is -3.31. The third kappa shape index (κ3) is 4.09. The average Bonchev–Trinajstić information content (AvgIpc) is 2.97. The Morgan fingerprint density at radius 3 is 2.70 bits per heavy atom. The molecule has 122 valence electrons. The molecule has 0 amide bonds. The normalized spacial score (nSPS) is 18.9. The predicted molar refractivity (Wildman–Crippen MR) is 88.6 cm³/mol. The minimum atomic E-state index is -3.31. The summed E-state index contributed by atoms with van der Waals surface area (Å²) >= 11 is 0. The van der Waals surface area contributed by atoms with Gasteiger partial charge in [-0.2, -0.15) is 4.31 Å². The van der Waals surface area contributed by atoms with Crippen molar-refractivity contribution >= 4 is 10.0 Å². The second-order valence-electron chi connectivity index (χ2n) is 5.75. The van der Waals surface area contributed by atoms with Crippen LogP contribution in [-0.2, 0) is 15.8 Å². The van der Waals surface area contributed by atoms with Crippen LogP contribution in [0.15, 0.2) is 48.5 Å². The van der Waals surface area contributed by atoms with Crippen LogP contribution in [0, 0.1) is 6.92 Å². The lowest BCUT2D eigenvalue weighted by molar-refractivity contribution is 0.206. The van der Waals surface area contributed by atoms with Gasteiger partial charge in [0, 0.05) is 18.3 Å². The second kappa shape index (κ2) is 6.68. The van der Waals surface area contributed by atoms with Gasteiger partial charge in [-0.15, -0.1) is 0 Å². The molecule has 1 fully saturated rings. The molecule has 2 heterocycles. The molecule has 1 aliphatic heterocycles. The van der Waals surface area contributed by atoms with Crippen molar-refractivity contribution in [3.05, 3.63) is 59.8 Å². The standard InChI is InChI=1S/C17H20N2O3S/c1-14-6-5-9-17(18-14)22-16-10-11-19(12-16)23(20,21)13-15-7-3-2-4-8-15/h2-9,16H,10-13H2,1H3. The number of hydrogen-bond donors (Lipinski definition) is 0. The van der Waals surface area contributed by atoms with Gasteiger partial charge < -0.3 is 4.74 Å². The number of benzene rings is 1. The fourth-order valence-electron chi connectivity index (χ4n) is 2.68. The highest BCUT2D eigenvalue weighted by atomic mass is 32.2. The molecule has 0 spiro atoms. The van der Waals surface area contributed by atoms with Crippen LogP contribution in [0.4, 0.5) is 0 Å². The number of pyridine rings is 1. The second-order valence-corrected chi connectivity index (χ2v) is 7.71. The zero-order valence-electron chi connectivity index (χ0n) is 13.1. The van der Waals surface area contributed by atoms with Gasteiger partial charge >= 0.3 is 0 Å². The SMILES string of the molecule is Cc1cccc(OC2CCN(S(=O)(=O)Cc3ccccc3)C2)n1. The van der Waals surface area contributed by atoms with Crippen LogP contribution in [0.2, 0.25) is 0 Å². The van der Waals surface area contributed by atoms with Gasteiger partial charge in [0.25, 0.3) is 0 Å². The van der Waals surface area contributed by atoms with Gasteiger partial charge in [0.1, 0.15) is 6.10 Å². The maximum absolute atomic E-state index is 12.5. The van der Waals surface area contributed by atoms with Crippen molar-refractivity contribution in [1.82, 2.24) is 9.29 Å². The van der Waals surface area contributed by atoms with E-state index in [4.69, 9.17) is 4.74 Å². The van der Waals surface area contributed by atoms with Crippen molar-refractivity contribution in [2.75, 3.05) is 13.1 Å². The summed E-state index contributed by atoms with van der Waals surface area (Å²) in [5, 5.41) is 0. The van der Waals surface area contributed by atoms with E-state index in [2.05, 4.69) is 4.98 Å². The van der Waals surface area contributed by atoms with Crippen LogP contribution in [-0.4, -0.2) is 36.9 Å². The van der Waals surface area contributed by atoms with Crippen LogP contribution >= 0.6 is 0 Å². The molecular formula is C17H20N2O3S. The number of aromatic nitrogens is 1. The van der Waals surface area contributed by atoms with Gasteiger partial charge in [-0.25, -0.2) is 13.4 Å². The molecule has 1 aliphatic rings. The van der Waals surface area contributed by atoms with Gasteiger partial charge in [0.15, 0.2) is 0 Å². The summed E-state index contributed by atoms with van der Waals surface area (Å²) in [6.45, 7) is 2.77. The molecule has 2 aromatic rings. The van der Waals surface area contributed by atoms with E-state index in [0.717, 1.165) is 11.3 Å². The minimum absolute atomic E-state index is 0.0310. The molecule has 0 aliphatic carbocycles. The van der Waals surface area contributed by atoms with E-state index < -0.39 is 10.0 Å². The highest BCUT2D eigenvalue weighted by Gasteiger charge is 2.32. The number of aryl methyl sites for hydroxylation is 1. The smallest absolute Gasteiger partial charge is 0.218 e. The first kappa shape index (κ1) is 16.0. The first-order valence-electron chi connectivity index (χ1n) is 7.65. The van der Waals surface area contributed by atoms with Gasteiger partial charge in [-0.1, -0.05) is 36.4 Å². The average molecular weight is 332 g/mol. The Morgan fingerprint density at radius 2 is 1.96 bits per heavy atom. The fourth-order valence-corrected chi connectivity index (χ4v) is 4.25. The number of hydrogen-bond acceptors (Lipinski definition) is 4. The van der Waals surface area contributed by atoms with Crippen LogP contribution in [0.25, 0.3) is 0 Å². The molecule has 0 bridgehead atoms. The largest absolute Gasteiger partial charge is 0.473 e. The Labute approximate surface area is 137 Å². The Kier molecular flexibility index (Phi) is 4.63. The molecule has 1 saturated heterocycles. The molecule has 5 nitrogen and oxygen atoms in total. The number of nitrogens with zero attached hydrogens (tertiary/aromatic N) is 2. The molecule has 6 heteroatoms. The van der Waals surface area contributed by atoms with Crippen LogP contribution in [0.5, 0.6) is 5.88 Å². The molecular weight excluding hydrogens is 312 g/mol. The number of ether oxygens (including phenoxy) is 1. The lowest BCUT2D eigenvalue weighted by Gasteiger charge is -2.17. The topological polar surface area (TPSA) is 59.5 Å².